The van der Waals surface area contributed by atoms with E-state index in [9.17, 15) is 5.11 Å². The number of fused-ring (bicyclic) bond motifs is 1. The van der Waals surface area contributed by atoms with Crippen molar-refractivity contribution in [1.29, 1.82) is 0 Å². The fraction of sp³-hybridized carbons (Fsp3) is 0.524. The molecule has 1 aliphatic rings. The zero-order chi connectivity index (χ0) is 20.7. The summed E-state index contributed by atoms with van der Waals surface area (Å²) in [5.41, 5.74) is 1.04. The Balaban J connectivity index is 1.87. The van der Waals surface area contributed by atoms with E-state index in [0.29, 0.717) is 22.6 Å². The van der Waals surface area contributed by atoms with E-state index in [-0.39, 0.29) is 11.9 Å². The van der Waals surface area contributed by atoms with Gasteiger partial charge in [-0.3, -0.25) is 0 Å². The van der Waals surface area contributed by atoms with Crippen molar-refractivity contribution in [3.63, 3.8) is 0 Å². The lowest BCUT2D eigenvalue weighted by molar-refractivity contribution is -0.936. The maximum atomic E-state index is 11.1. The second-order valence-corrected chi connectivity index (χ2v) is 9.21. The van der Waals surface area contributed by atoms with Crippen molar-refractivity contribution in [2.45, 2.75) is 33.2 Å². The Morgan fingerprint density at radius 3 is 2.55 bits per heavy atom. The van der Waals surface area contributed by atoms with Crippen LogP contribution in [0.25, 0.3) is 4.96 Å². The summed E-state index contributed by atoms with van der Waals surface area (Å²) >= 11 is 1.50. The minimum Gasteiger partial charge on any atom is -0.497 e. The first-order valence-electron chi connectivity index (χ1n) is 10.0. The smallest absolute Gasteiger partial charge is 0.235 e. The van der Waals surface area contributed by atoms with Crippen LogP contribution in [0, 0.1) is 18.8 Å². The van der Waals surface area contributed by atoms with Crippen molar-refractivity contribution < 1.29 is 19.5 Å². The molecule has 1 aliphatic heterocycles. The van der Waals surface area contributed by atoms with Crippen LogP contribution in [0.2, 0.25) is 0 Å². The number of aromatic hydroxyl groups is 1. The number of rotatable bonds is 5. The number of hydrogen-bond acceptors (Lipinski definition) is 6. The van der Waals surface area contributed by atoms with Crippen LogP contribution in [0.1, 0.15) is 42.6 Å². The van der Waals surface area contributed by atoms with E-state index in [1.54, 1.807) is 18.7 Å². The molecule has 0 saturated carbocycles. The Morgan fingerprint density at radius 1 is 1.21 bits per heavy atom. The largest absolute Gasteiger partial charge is 0.497 e. The molecule has 3 atom stereocenters. The highest BCUT2D eigenvalue weighted by Crippen LogP contribution is 2.39. The zero-order valence-corrected chi connectivity index (χ0v) is 18.4. The molecule has 0 radical (unpaired) electrons. The molecule has 0 unspecified atom stereocenters. The third-order valence-corrected chi connectivity index (χ3v) is 6.84. The van der Waals surface area contributed by atoms with E-state index >= 15 is 0 Å². The van der Waals surface area contributed by atoms with Crippen LogP contribution in [0.15, 0.2) is 18.2 Å². The second-order valence-electron chi connectivity index (χ2n) is 8.20. The molecule has 1 fully saturated rings. The van der Waals surface area contributed by atoms with E-state index in [1.165, 1.54) is 22.7 Å². The van der Waals surface area contributed by atoms with Crippen molar-refractivity contribution >= 4 is 16.3 Å². The molecule has 3 aromatic rings. The predicted molar refractivity (Wildman–Crippen MR) is 112 cm³/mol. The summed E-state index contributed by atoms with van der Waals surface area (Å²) in [7, 11) is 3.33. The van der Waals surface area contributed by atoms with Crippen molar-refractivity contribution in [3.8, 4) is 17.4 Å². The molecule has 1 saturated heterocycles. The van der Waals surface area contributed by atoms with Gasteiger partial charge in [-0.1, -0.05) is 25.2 Å². The molecule has 3 heterocycles. The number of quaternary nitrogens is 1. The first kappa shape index (κ1) is 20.0. The lowest BCUT2D eigenvalue weighted by Gasteiger charge is -2.37. The third kappa shape index (κ3) is 3.67. The molecule has 4 rings (SSSR count). The van der Waals surface area contributed by atoms with Crippen LogP contribution in [0.5, 0.6) is 17.4 Å². The van der Waals surface area contributed by atoms with Gasteiger partial charge in [0.2, 0.25) is 10.8 Å². The van der Waals surface area contributed by atoms with Crippen molar-refractivity contribution in [2.24, 2.45) is 11.8 Å². The van der Waals surface area contributed by atoms with Crippen molar-refractivity contribution in [2.75, 3.05) is 27.3 Å². The van der Waals surface area contributed by atoms with Crippen LogP contribution in [-0.2, 0) is 0 Å². The highest BCUT2D eigenvalue weighted by Gasteiger charge is 2.38. The van der Waals surface area contributed by atoms with Gasteiger partial charge in [0.25, 0.3) is 0 Å². The molecule has 0 spiro atoms. The summed E-state index contributed by atoms with van der Waals surface area (Å²) in [6.07, 6.45) is 1.23. The number of hydrogen-bond donors (Lipinski definition) is 2. The molecular formula is C21H29N4O3S+. The predicted octanol–water partition coefficient (Wildman–Crippen LogP) is 2.47. The van der Waals surface area contributed by atoms with Gasteiger partial charge in [-0.05, 0) is 25.5 Å². The Hall–Kier alpha value is -2.32. The molecule has 1 aromatic carbocycles. The number of aromatic nitrogens is 3. The van der Waals surface area contributed by atoms with Gasteiger partial charge in [0.15, 0.2) is 6.04 Å². The molecule has 0 bridgehead atoms. The van der Waals surface area contributed by atoms with Crippen LogP contribution >= 0.6 is 11.3 Å². The molecule has 29 heavy (non-hydrogen) atoms. The van der Waals surface area contributed by atoms with E-state index in [0.717, 1.165) is 35.0 Å². The quantitative estimate of drug-likeness (QED) is 0.667. The van der Waals surface area contributed by atoms with Gasteiger partial charge in [0.05, 0.1) is 32.9 Å². The molecule has 0 amide bonds. The number of ether oxygens (including phenoxy) is 2. The van der Waals surface area contributed by atoms with E-state index < -0.39 is 0 Å². The number of methoxy groups -OCH3 is 2. The summed E-state index contributed by atoms with van der Waals surface area (Å²) in [6, 6.07) is 5.87. The van der Waals surface area contributed by atoms with Crippen LogP contribution in [0.4, 0.5) is 0 Å². The summed E-state index contributed by atoms with van der Waals surface area (Å²) in [4.78, 5) is 7.48. The zero-order valence-electron chi connectivity index (χ0n) is 17.6. The highest BCUT2D eigenvalue weighted by molar-refractivity contribution is 7.17. The first-order chi connectivity index (χ1) is 13.9. The number of nitrogens with one attached hydrogen (secondary N) is 1. The minimum atomic E-state index is -0.0603. The summed E-state index contributed by atoms with van der Waals surface area (Å²) in [5, 5.41) is 15.4. The fourth-order valence-electron chi connectivity index (χ4n) is 4.71. The number of likely N-dealkylation sites (tertiary alicyclic amines) is 1. The van der Waals surface area contributed by atoms with Crippen LogP contribution in [-0.4, -0.2) is 47.0 Å². The fourth-order valence-corrected chi connectivity index (χ4v) is 5.88. The monoisotopic (exact) mass is 417 g/mol. The van der Waals surface area contributed by atoms with Gasteiger partial charge in [0.1, 0.15) is 22.2 Å². The second kappa shape index (κ2) is 7.84. The average Bonchev–Trinajstić information content (AvgIpc) is 3.19. The topological polar surface area (TPSA) is 73.3 Å². The van der Waals surface area contributed by atoms with Crippen molar-refractivity contribution in [1.82, 2.24) is 14.6 Å². The molecule has 156 valence electrons. The maximum absolute atomic E-state index is 11.1. The SMILES string of the molecule is COc1ccc([C@H](c2sc3nc(C)nn3c2O)[NH+]2C[C@@H](C)C[C@H](C)C2)c(OC)c1. The highest BCUT2D eigenvalue weighted by atomic mass is 32.1. The Labute approximate surface area is 174 Å². The lowest BCUT2D eigenvalue weighted by Crippen LogP contribution is -3.14. The van der Waals surface area contributed by atoms with E-state index in [4.69, 9.17) is 9.47 Å². The van der Waals surface area contributed by atoms with Crippen LogP contribution < -0.4 is 14.4 Å². The van der Waals surface area contributed by atoms with Gasteiger partial charge in [-0.2, -0.15) is 4.52 Å². The molecule has 2 aromatic heterocycles. The summed E-state index contributed by atoms with van der Waals surface area (Å²) < 4.78 is 12.7. The van der Waals surface area contributed by atoms with Crippen LogP contribution in [0.3, 0.4) is 0 Å². The van der Waals surface area contributed by atoms with Gasteiger partial charge in [-0.25, -0.2) is 4.98 Å². The number of aryl methyl sites for hydroxylation is 1. The van der Waals surface area contributed by atoms with E-state index in [2.05, 4.69) is 30.0 Å². The number of piperidine rings is 1. The van der Waals surface area contributed by atoms with Crippen molar-refractivity contribution in [3.05, 3.63) is 34.5 Å². The van der Waals surface area contributed by atoms with Gasteiger partial charge in [-0.15, -0.1) is 5.10 Å². The first-order valence-corrected chi connectivity index (χ1v) is 10.8. The number of thiazole rings is 1. The minimum absolute atomic E-state index is 0.0603. The summed E-state index contributed by atoms with van der Waals surface area (Å²) in [5.74, 6) is 3.58. The Kier molecular flexibility index (Phi) is 5.40. The molecule has 7 nitrogen and oxygen atoms in total. The third-order valence-electron chi connectivity index (χ3n) is 5.75. The Bertz CT molecular complexity index is 1000. The van der Waals surface area contributed by atoms with Gasteiger partial charge in [0, 0.05) is 17.9 Å². The summed E-state index contributed by atoms with van der Waals surface area (Å²) in [6.45, 7) is 8.53. The number of nitrogens with zero attached hydrogens (tertiary/aromatic N) is 3. The molecule has 0 aliphatic carbocycles. The Morgan fingerprint density at radius 2 is 1.93 bits per heavy atom. The normalized spacial score (nSPS) is 23.3. The molecular weight excluding hydrogens is 388 g/mol. The standard InChI is InChI=1S/C21H28N4O3S/c1-12-8-13(2)11-24(10-12)18(16-7-6-15(27-4)9-17(16)28-5)19-20(26)25-21(29-19)22-14(3)23-25/h6-7,9,12-13,18,26H,8,10-11H2,1-5H3/p+1/t12-,13-,18+/m0/s1. The average molecular weight is 418 g/mol. The molecule has 2 N–H and O–H groups in total. The van der Waals surface area contributed by atoms with Gasteiger partial charge < -0.3 is 19.5 Å². The van der Waals surface area contributed by atoms with E-state index in [1.807, 2.05) is 19.1 Å². The molecule has 8 heteroatoms. The maximum Gasteiger partial charge on any atom is 0.235 e. The number of benzene rings is 1. The van der Waals surface area contributed by atoms with Gasteiger partial charge >= 0.3 is 0 Å². The lowest BCUT2D eigenvalue weighted by atomic mass is 9.89.